The maximum absolute atomic E-state index is 12.6. The summed E-state index contributed by atoms with van der Waals surface area (Å²) in [7, 11) is 1.65. The summed E-state index contributed by atoms with van der Waals surface area (Å²) >= 11 is 0. The van der Waals surface area contributed by atoms with Gasteiger partial charge in [0.05, 0.1) is 24.6 Å². The highest BCUT2D eigenvalue weighted by Crippen LogP contribution is 2.25. The molecule has 2 aromatic carbocycles. The molecule has 0 aliphatic rings. The third-order valence-electron chi connectivity index (χ3n) is 4.79. The number of anilines is 2. The second-order valence-electron chi connectivity index (χ2n) is 6.87. The molecule has 1 heterocycles. The van der Waals surface area contributed by atoms with Crippen LogP contribution in [0.15, 0.2) is 67.0 Å². The maximum Gasteiger partial charge on any atom is 0.252 e. The fourth-order valence-corrected chi connectivity index (χ4v) is 3.22. The van der Waals surface area contributed by atoms with Gasteiger partial charge in [-0.2, -0.15) is 0 Å². The molecule has 0 saturated heterocycles. The summed E-state index contributed by atoms with van der Waals surface area (Å²) in [5, 5.41) is 2.98. The van der Waals surface area contributed by atoms with Crippen molar-refractivity contribution in [1.82, 2.24) is 10.3 Å². The van der Waals surface area contributed by atoms with Crippen molar-refractivity contribution in [3.63, 3.8) is 0 Å². The molecule has 0 radical (unpaired) electrons. The van der Waals surface area contributed by atoms with Crippen molar-refractivity contribution >= 4 is 17.3 Å². The normalized spacial score (nSPS) is 10.4. The predicted molar refractivity (Wildman–Crippen MR) is 117 cm³/mol. The Morgan fingerprint density at radius 1 is 1.07 bits per heavy atom. The van der Waals surface area contributed by atoms with Crippen LogP contribution in [0.5, 0.6) is 5.75 Å². The molecule has 3 aromatic rings. The molecule has 1 amide bonds. The molecule has 1 aromatic heterocycles. The van der Waals surface area contributed by atoms with E-state index in [1.807, 2.05) is 36.4 Å². The molecule has 0 unspecified atom stereocenters. The lowest BCUT2D eigenvalue weighted by Crippen LogP contribution is -2.26. The predicted octanol–water partition coefficient (Wildman–Crippen LogP) is 4.53. The number of benzene rings is 2. The molecule has 29 heavy (non-hydrogen) atoms. The lowest BCUT2D eigenvalue weighted by molar-refractivity contribution is 0.0954. The molecule has 0 bridgehead atoms. The average molecular weight is 389 g/mol. The number of carbonyl (C=O) groups excluding carboxylic acids is 1. The molecule has 1 N–H and O–H groups in total. The number of hydrogen-bond acceptors (Lipinski definition) is 4. The fraction of sp³-hybridized carbons (Fsp3) is 0.250. The van der Waals surface area contributed by atoms with Crippen LogP contribution in [-0.4, -0.2) is 31.1 Å². The van der Waals surface area contributed by atoms with Crippen molar-refractivity contribution in [3.05, 3.63) is 83.7 Å². The van der Waals surface area contributed by atoms with Crippen LogP contribution in [0.2, 0.25) is 0 Å². The van der Waals surface area contributed by atoms with Crippen LogP contribution in [0, 0.1) is 6.92 Å². The van der Waals surface area contributed by atoms with E-state index in [0.717, 1.165) is 35.7 Å². The van der Waals surface area contributed by atoms with Crippen LogP contribution >= 0.6 is 0 Å². The number of carbonyl (C=O) groups is 1. The van der Waals surface area contributed by atoms with Crippen LogP contribution < -0.4 is 15.0 Å². The molecular weight excluding hydrogens is 362 g/mol. The number of ether oxygens (including phenoxy) is 1. The van der Waals surface area contributed by atoms with Crippen molar-refractivity contribution in [1.29, 1.82) is 0 Å². The van der Waals surface area contributed by atoms with E-state index < -0.39 is 0 Å². The van der Waals surface area contributed by atoms with Gasteiger partial charge in [-0.1, -0.05) is 24.3 Å². The van der Waals surface area contributed by atoms with Crippen LogP contribution in [0.25, 0.3) is 0 Å². The quantitative estimate of drug-likeness (QED) is 0.615. The third-order valence-corrected chi connectivity index (χ3v) is 4.79. The van der Waals surface area contributed by atoms with Gasteiger partial charge < -0.3 is 15.0 Å². The van der Waals surface area contributed by atoms with Gasteiger partial charge in [0.1, 0.15) is 5.75 Å². The summed E-state index contributed by atoms with van der Waals surface area (Å²) in [6.07, 6.45) is 4.16. The summed E-state index contributed by atoms with van der Waals surface area (Å²) in [6.45, 7) is 5.50. The summed E-state index contributed by atoms with van der Waals surface area (Å²) in [6, 6.07) is 18.1. The highest BCUT2D eigenvalue weighted by Gasteiger charge is 2.12. The van der Waals surface area contributed by atoms with Crippen molar-refractivity contribution < 1.29 is 9.53 Å². The zero-order chi connectivity index (χ0) is 20.6. The standard InChI is InChI=1S/C24H27N3O2/c1-4-27(21-7-5-6-18(2)14-21)22-15-20(16-25-17-22)24(28)26-13-12-19-8-10-23(29-3)11-9-19/h5-11,14-17H,4,12-13H2,1-3H3,(H,26,28). The van der Waals surface area contributed by atoms with Gasteiger partial charge in [-0.05, 0) is 61.7 Å². The Morgan fingerprint density at radius 2 is 1.86 bits per heavy atom. The first-order valence-electron chi connectivity index (χ1n) is 9.81. The Labute approximate surface area is 172 Å². The van der Waals surface area contributed by atoms with E-state index in [1.165, 1.54) is 5.56 Å². The first-order chi connectivity index (χ1) is 14.1. The van der Waals surface area contributed by atoms with Gasteiger partial charge in [-0.3, -0.25) is 9.78 Å². The molecule has 0 atom stereocenters. The molecule has 5 heteroatoms. The molecule has 150 valence electrons. The Hall–Kier alpha value is -3.34. The second-order valence-corrected chi connectivity index (χ2v) is 6.87. The highest BCUT2D eigenvalue weighted by atomic mass is 16.5. The highest BCUT2D eigenvalue weighted by molar-refractivity contribution is 5.95. The van der Waals surface area contributed by atoms with Crippen LogP contribution in [0.3, 0.4) is 0 Å². The Kier molecular flexibility index (Phi) is 6.85. The zero-order valence-electron chi connectivity index (χ0n) is 17.2. The summed E-state index contributed by atoms with van der Waals surface area (Å²) < 4.78 is 5.17. The molecule has 3 rings (SSSR count). The van der Waals surface area contributed by atoms with Crippen LogP contribution in [-0.2, 0) is 6.42 Å². The minimum atomic E-state index is -0.117. The Balaban J connectivity index is 1.65. The minimum absolute atomic E-state index is 0.117. The molecule has 5 nitrogen and oxygen atoms in total. The van der Waals surface area contributed by atoms with Gasteiger partial charge in [0, 0.05) is 25.0 Å². The third kappa shape index (κ3) is 5.35. The van der Waals surface area contributed by atoms with Crippen molar-refractivity contribution in [2.24, 2.45) is 0 Å². The number of aromatic nitrogens is 1. The SMILES string of the molecule is CCN(c1cccc(C)c1)c1cncc(C(=O)NCCc2ccc(OC)cc2)c1. The summed E-state index contributed by atoms with van der Waals surface area (Å²) in [5.74, 6) is 0.711. The Morgan fingerprint density at radius 3 is 2.55 bits per heavy atom. The molecule has 0 aliphatic heterocycles. The summed E-state index contributed by atoms with van der Waals surface area (Å²) in [5.41, 5.74) is 4.89. The summed E-state index contributed by atoms with van der Waals surface area (Å²) in [4.78, 5) is 19.0. The van der Waals surface area contributed by atoms with E-state index in [0.29, 0.717) is 12.1 Å². The second kappa shape index (κ2) is 9.73. The van der Waals surface area contributed by atoms with E-state index in [9.17, 15) is 4.79 Å². The number of aryl methyl sites for hydroxylation is 1. The molecule has 0 saturated carbocycles. The first-order valence-corrected chi connectivity index (χ1v) is 9.81. The lowest BCUT2D eigenvalue weighted by atomic mass is 10.1. The molecule has 0 fully saturated rings. The van der Waals surface area contributed by atoms with E-state index in [4.69, 9.17) is 4.74 Å². The van der Waals surface area contributed by atoms with Crippen LogP contribution in [0.4, 0.5) is 11.4 Å². The zero-order valence-corrected chi connectivity index (χ0v) is 17.2. The van der Waals surface area contributed by atoms with E-state index in [1.54, 1.807) is 19.5 Å². The lowest BCUT2D eigenvalue weighted by Gasteiger charge is -2.23. The van der Waals surface area contributed by atoms with Gasteiger partial charge in [-0.25, -0.2) is 0 Å². The van der Waals surface area contributed by atoms with Crippen molar-refractivity contribution in [2.45, 2.75) is 20.3 Å². The molecule has 0 spiro atoms. The van der Waals surface area contributed by atoms with E-state index in [-0.39, 0.29) is 5.91 Å². The van der Waals surface area contributed by atoms with Crippen molar-refractivity contribution in [2.75, 3.05) is 25.1 Å². The van der Waals surface area contributed by atoms with Gasteiger partial charge in [0.25, 0.3) is 5.91 Å². The smallest absolute Gasteiger partial charge is 0.252 e. The number of rotatable bonds is 8. The number of methoxy groups -OCH3 is 1. The van der Waals surface area contributed by atoms with Gasteiger partial charge in [0.15, 0.2) is 0 Å². The van der Waals surface area contributed by atoms with Gasteiger partial charge >= 0.3 is 0 Å². The van der Waals surface area contributed by atoms with Crippen LogP contribution in [0.1, 0.15) is 28.4 Å². The van der Waals surface area contributed by atoms with Gasteiger partial charge in [-0.15, -0.1) is 0 Å². The van der Waals surface area contributed by atoms with Crippen molar-refractivity contribution in [3.8, 4) is 5.75 Å². The number of nitrogens with zero attached hydrogens (tertiary/aromatic N) is 2. The number of pyridine rings is 1. The number of nitrogens with one attached hydrogen (secondary N) is 1. The number of hydrogen-bond donors (Lipinski definition) is 1. The van der Waals surface area contributed by atoms with Gasteiger partial charge in [0.2, 0.25) is 0 Å². The molecule has 0 aliphatic carbocycles. The average Bonchev–Trinajstić information content (AvgIpc) is 2.75. The first kappa shape index (κ1) is 20.4. The molecular formula is C24H27N3O2. The Bertz CT molecular complexity index is 954. The maximum atomic E-state index is 12.6. The number of amides is 1. The fourth-order valence-electron chi connectivity index (χ4n) is 3.22. The minimum Gasteiger partial charge on any atom is -0.497 e. The van der Waals surface area contributed by atoms with E-state index in [2.05, 4.69) is 47.2 Å². The topological polar surface area (TPSA) is 54.5 Å². The largest absolute Gasteiger partial charge is 0.497 e. The van der Waals surface area contributed by atoms with E-state index >= 15 is 0 Å². The monoisotopic (exact) mass is 389 g/mol.